The fraction of sp³-hybridized carbons (Fsp3) is 0.143. The predicted molar refractivity (Wildman–Crippen MR) is 82.7 cm³/mol. The molecule has 0 amide bonds. The molecule has 0 atom stereocenters. The lowest BCUT2D eigenvalue weighted by Crippen LogP contribution is -2.30. The lowest BCUT2D eigenvalue weighted by atomic mass is 9.80. The molecule has 2 rings (SSSR count). The van der Waals surface area contributed by atoms with E-state index < -0.39 is 12.9 Å². The van der Waals surface area contributed by atoms with Crippen molar-refractivity contribution in [1.82, 2.24) is 0 Å². The molecule has 0 saturated heterocycles. The van der Waals surface area contributed by atoms with Crippen LogP contribution in [0.25, 0.3) is 0 Å². The van der Waals surface area contributed by atoms with E-state index in [2.05, 4.69) is 0 Å². The molecule has 0 heterocycles. The van der Waals surface area contributed by atoms with E-state index >= 15 is 0 Å². The van der Waals surface area contributed by atoms with Gasteiger partial charge in [-0.05, 0) is 34.8 Å². The first kappa shape index (κ1) is 15.4. The van der Waals surface area contributed by atoms with Crippen molar-refractivity contribution in [2.75, 3.05) is 0 Å². The molecule has 0 fully saturated rings. The maximum Gasteiger partial charge on any atom is 0.488 e. The lowest BCUT2D eigenvalue weighted by Gasteiger charge is -2.06. The summed E-state index contributed by atoms with van der Waals surface area (Å²) in [5.41, 5.74) is 1.84. The highest BCUT2D eigenvalue weighted by Gasteiger charge is 2.13. The molecule has 2 aromatic rings. The van der Waals surface area contributed by atoms with E-state index in [0.717, 1.165) is 17.4 Å². The Kier molecular flexibility index (Phi) is 5.49. The third-order valence-electron chi connectivity index (χ3n) is 2.81. The molecular formula is C14H13BClFO2S. The molecule has 0 aromatic heterocycles. The second-order valence-corrected chi connectivity index (χ2v) is 5.77. The molecule has 0 radical (unpaired) electrons. The monoisotopic (exact) mass is 310 g/mol. The summed E-state index contributed by atoms with van der Waals surface area (Å²) in [7, 11) is -1.64. The van der Waals surface area contributed by atoms with Gasteiger partial charge in [-0.3, -0.25) is 0 Å². The van der Waals surface area contributed by atoms with E-state index in [1.54, 1.807) is 17.8 Å². The minimum absolute atomic E-state index is 0.161. The van der Waals surface area contributed by atoms with Crippen molar-refractivity contribution in [2.24, 2.45) is 0 Å². The highest BCUT2D eigenvalue weighted by Crippen LogP contribution is 2.20. The average molecular weight is 311 g/mol. The zero-order valence-electron chi connectivity index (χ0n) is 10.6. The Morgan fingerprint density at radius 3 is 2.35 bits per heavy atom. The minimum Gasteiger partial charge on any atom is -0.423 e. The van der Waals surface area contributed by atoms with E-state index in [0.29, 0.717) is 16.3 Å². The van der Waals surface area contributed by atoms with E-state index in [9.17, 15) is 4.39 Å². The molecule has 2 N–H and O–H groups in total. The molecule has 0 bridgehead atoms. The van der Waals surface area contributed by atoms with Gasteiger partial charge in [-0.25, -0.2) is 4.39 Å². The first-order valence-electron chi connectivity index (χ1n) is 6.03. The van der Waals surface area contributed by atoms with Crippen molar-refractivity contribution in [1.29, 1.82) is 0 Å². The van der Waals surface area contributed by atoms with Crippen LogP contribution in [0.3, 0.4) is 0 Å². The predicted octanol–water partition coefficient (Wildman–Crippen LogP) is 2.59. The maximum absolute atomic E-state index is 13.7. The van der Waals surface area contributed by atoms with Crippen molar-refractivity contribution in [3.05, 3.63) is 64.4 Å². The summed E-state index contributed by atoms with van der Waals surface area (Å²) in [4.78, 5) is 0. The van der Waals surface area contributed by atoms with Crippen LogP contribution in [-0.2, 0) is 11.5 Å². The van der Waals surface area contributed by atoms with E-state index in [-0.39, 0.29) is 5.46 Å². The molecule has 104 valence electrons. The number of rotatable bonds is 5. The van der Waals surface area contributed by atoms with Gasteiger partial charge in [0.05, 0.1) is 0 Å². The van der Waals surface area contributed by atoms with Crippen LogP contribution in [0.15, 0.2) is 42.5 Å². The molecule has 2 nitrogen and oxygen atoms in total. The van der Waals surface area contributed by atoms with Crippen molar-refractivity contribution in [2.45, 2.75) is 11.5 Å². The number of hydrogen-bond donors (Lipinski definition) is 2. The van der Waals surface area contributed by atoms with Gasteiger partial charge in [0.25, 0.3) is 0 Å². The molecule has 0 aliphatic carbocycles. The van der Waals surface area contributed by atoms with Crippen molar-refractivity contribution in [3.63, 3.8) is 0 Å². The largest absolute Gasteiger partial charge is 0.488 e. The quantitative estimate of drug-likeness (QED) is 0.834. The fourth-order valence-electron chi connectivity index (χ4n) is 1.70. The van der Waals surface area contributed by atoms with Gasteiger partial charge in [0, 0.05) is 16.5 Å². The Hall–Kier alpha value is -1.01. The molecular weight excluding hydrogens is 297 g/mol. The Balaban J connectivity index is 1.92. The number of hydrogen-bond acceptors (Lipinski definition) is 3. The van der Waals surface area contributed by atoms with Crippen LogP contribution in [0.2, 0.25) is 5.02 Å². The van der Waals surface area contributed by atoms with Crippen molar-refractivity contribution < 1.29 is 14.4 Å². The Morgan fingerprint density at radius 2 is 1.75 bits per heavy atom. The number of halogens is 2. The topological polar surface area (TPSA) is 40.5 Å². The van der Waals surface area contributed by atoms with Crippen molar-refractivity contribution >= 4 is 35.9 Å². The molecule has 0 saturated carbocycles. The third-order valence-corrected chi connectivity index (χ3v) is 4.12. The summed E-state index contributed by atoms with van der Waals surface area (Å²) in [5, 5.41) is 18.6. The molecule has 0 aliphatic heterocycles. The van der Waals surface area contributed by atoms with E-state index in [1.807, 2.05) is 24.3 Å². The molecule has 6 heteroatoms. The normalized spacial score (nSPS) is 10.6. The standard InChI is InChI=1S/C14H13BClFO2S/c16-13-5-1-10(2-6-13)8-20-9-11-3-4-12(15(18)19)7-14(11)17/h1-7,18-19H,8-9H2. The Bertz CT molecular complexity index is 578. The molecule has 0 unspecified atom stereocenters. The average Bonchev–Trinajstić information content (AvgIpc) is 2.42. The van der Waals surface area contributed by atoms with Crippen LogP contribution >= 0.6 is 23.4 Å². The van der Waals surface area contributed by atoms with Crippen LogP contribution in [0, 0.1) is 5.82 Å². The summed E-state index contributed by atoms with van der Waals surface area (Å²) in [6.45, 7) is 0. The summed E-state index contributed by atoms with van der Waals surface area (Å²) < 4.78 is 13.7. The highest BCUT2D eigenvalue weighted by atomic mass is 35.5. The van der Waals surface area contributed by atoms with Crippen LogP contribution < -0.4 is 5.46 Å². The van der Waals surface area contributed by atoms with Crippen molar-refractivity contribution in [3.8, 4) is 0 Å². The Labute approximate surface area is 126 Å². The van der Waals surface area contributed by atoms with Crippen LogP contribution in [0.1, 0.15) is 11.1 Å². The van der Waals surface area contributed by atoms with E-state index in [1.165, 1.54) is 6.07 Å². The van der Waals surface area contributed by atoms with Gasteiger partial charge in [-0.15, -0.1) is 0 Å². The van der Waals surface area contributed by atoms with E-state index in [4.69, 9.17) is 21.6 Å². The summed E-state index contributed by atoms with van der Waals surface area (Å²) >= 11 is 7.39. The molecule has 0 spiro atoms. The van der Waals surface area contributed by atoms with Gasteiger partial charge in [0.15, 0.2) is 0 Å². The summed E-state index contributed by atoms with van der Waals surface area (Å²) in [5.74, 6) is 0.872. The van der Waals surface area contributed by atoms with Crippen LogP contribution in [0.4, 0.5) is 4.39 Å². The smallest absolute Gasteiger partial charge is 0.423 e. The van der Waals surface area contributed by atoms with Gasteiger partial charge in [0.1, 0.15) is 5.82 Å². The molecule has 20 heavy (non-hydrogen) atoms. The van der Waals surface area contributed by atoms with Crippen LogP contribution in [0.5, 0.6) is 0 Å². The van der Waals surface area contributed by atoms with Gasteiger partial charge in [0.2, 0.25) is 0 Å². The first-order valence-corrected chi connectivity index (χ1v) is 7.56. The van der Waals surface area contributed by atoms with Gasteiger partial charge in [-0.1, -0.05) is 35.9 Å². The zero-order chi connectivity index (χ0) is 14.5. The minimum atomic E-state index is -1.64. The number of thioether (sulfide) groups is 1. The van der Waals surface area contributed by atoms with Gasteiger partial charge in [-0.2, -0.15) is 11.8 Å². The first-order chi connectivity index (χ1) is 9.56. The summed E-state index contributed by atoms with van der Waals surface area (Å²) in [6, 6.07) is 11.8. The molecule has 0 aliphatic rings. The third kappa shape index (κ3) is 4.25. The maximum atomic E-state index is 13.7. The van der Waals surface area contributed by atoms with Crippen LogP contribution in [-0.4, -0.2) is 17.2 Å². The second-order valence-electron chi connectivity index (χ2n) is 4.34. The van der Waals surface area contributed by atoms with Gasteiger partial charge >= 0.3 is 7.12 Å². The zero-order valence-corrected chi connectivity index (χ0v) is 12.2. The lowest BCUT2D eigenvalue weighted by molar-refractivity contribution is 0.425. The Morgan fingerprint density at radius 1 is 1.05 bits per heavy atom. The molecule has 2 aromatic carbocycles. The van der Waals surface area contributed by atoms with Gasteiger partial charge < -0.3 is 10.0 Å². The SMILES string of the molecule is OB(O)c1ccc(CSCc2ccc(Cl)cc2)c(F)c1. The highest BCUT2D eigenvalue weighted by molar-refractivity contribution is 7.97. The fourth-order valence-corrected chi connectivity index (χ4v) is 2.81. The second kappa shape index (κ2) is 7.13. The summed E-state index contributed by atoms with van der Waals surface area (Å²) in [6.07, 6.45) is 0. The number of benzene rings is 2.